The lowest BCUT2D eigenvalue weighted by Crippen LogP contribution is -2.52. The molecule has 106 valence electrons. The molecular formula is C14H29N3O. The molecule has 0 aliphatic carbocycles. The van der Waals surface area contributed by atoms with Crippen LogP contribution in [0, 0.1) is 5.92 Å². The lowest BCUT2D eigenvalue weighted by atomic mass is 10.0. The maximum absolute atomic E-state index is 12.0. The summed E-state index contributed by atoms with van der Waals surface area (Å²) in [5.41, 5.74) is 0. The van der Waals surface area contributed by atoms with Gasteiger partial charge in [-0.05, 0) is 45.7 Å². The van der Waals surface area contributed by atoms with Gasteiger partial charge >= 0.3 is 0 Å². The van der Waals surface area contributed by atoms with E-state index in [4.69, 9.17) is 0 Å². The van der Waals surface area contributed by atoms with Crippen molar-refractivity contribution in [3.05, 3.63) is 0 Å². The van der Waals surface area contributed by atoms with Gasteiger partial charge in [0.2, 0.25) is 5.91 Å². The third-order valence-electron chi connectivity index (χ3n) is 3.86. The molecule has 0 aromatic carbocycles. The number of likely N-dealkylation sites (N-methyl/N-ethyl adjacent to an activating group) is 1. The second-order valence-corrected chi connectivity index (χ2v) is 5.82. The first kappa shape index (κ1) is 15.4. The molecule has 0 aromatic rings. The third kappa shape index (κ3) is 4.94. The molecule has 0 aromatic heterocycles. The van der Waals surface area contributed by atoms with E-state index in [2.05, 4.69) is 36.4 Å². The van der Waals surface area contributed by atoms with E-state index < -0.39 is 0 Å². The molecule has 1 amide bonds. The SMILES string of the molecule is CC(C)CCNC(=O)C(C)N(C)C1CCCNC1. The van der Waals surface area contributed by atoms with Crippen LogP contribution < -0.4 is 10.6 Å². The summed E-state index contributed by atoms with van der Waals surface area (Å²) < 4.78 is 0. The van der Waals surface area contributed by atoms with Crippen molar-refractivity contribution in [3.8, 4) is 0 Å². The van der Waals surface area contributed by atoms with Gasteiger partial charge in [-0.25, -0.2) is 0 Å². The van der Waals surface area contributed by atoms with Crippen LogP contribution in [0.3, 0.4) is 0 Å². The highest BCUT2D eigenvalue weighted by molar-refractivity contribution is 5.81. The van der Waals surface area contributed by atoms with E-state index in [1.165, 1.54) is 12.8 Å². The second kappa shape index (κ2) is 7.74. The fourth-order valence-corrected chi connectivity index (χ4v) is 2.31. The maximum atomic E-state index is 12.0. The maximum Gasteiger partial charge on any atom is 0.237 e. The van der Waals surface area contributed by atoms with E-state index in [0.717, 1.165) is 26.1 Å². The number of nitrogens with zero attached hydrogens (tertiary/aromatic N) is 1. The first-order valence-electron chi connectivity index (χ1n) is 7.22. The Morgan fingerprint density at radius 3 is 2.72 bits per heavy atom. The van der Waals surface area contributed by atoms with Crippen LogP contribution in [0.25, 0.3) is 0 Å². The predicted octanol–water partition coefficient (Wildman–Crippen LogP) is 1.22. The highest BCUT2D eigenvalue weighted by atomic mass is 16.2. The van der Waals surface area contributed by atoms with E-state index in [0.29, 0.717) is 12.0 Å². The van der Waals surface area contributed by atoms with Gasteiger partial charge in [0.05, 0.1) is 6.04 Å². The zero-order valence-corrected chi connectivity index (χ0v) is 12.3. The first-order chi connectivity index (χ1) is 8.52. The van der Waals surface area contributed by atoms with Crippen molar-refractivity contribution in [3.63, 3.8) is 0 Å². The Kier molecular flexibility index (Phi) is 6.65. The summed E-state index contributed by atoms with van der Waals surface area (Å²) in [6, 6.07) is 0.451. The molecular weight excluding hydrogens is 226 g/mol. The number of piperidine rings is 1. The molecule has 1 rings (SSSR count). The molecule has 4 nitrogen and oxygen atoms in total. The van der Waals surface area contributed by atoms with Crippen LogP contribution in [0.1, 0.15) is 40.0 Å². The topological polar surface area (TPSA) is 44.4 Å². The van der Waals surface area contributed by atoms with Crippen LogP contribution in [0.5, 0.6) is 0 Å². The Bertz CT molecular complexity index is 249. The average Bonchev–Trinajstić information content (AvgIpc) is 2.37. The molecule has 2 atom stereocenters. The van der Waals surface area contributed by atoms with Crippen LogP contribution in [0.15, 0.2) is 0 Å². The minimum absolute atomic E-state index is 0.0398. The smallest absolute Gasteiger partial charge is 0.237 e. The number of carbonyl (C=O) groups is 1. The Labute approximate surface area is 111 Å². The minimum atomic E-state index is -0.0398. The number of hydrogen-bond acceptors (Lipinski definition) is 3. The van der Waals surface area contributed by atoms with Gasteiger partial charge in [-0.2, -0.15) is 0 Å². The normalized spacial score (nSPS) is 22.2. The summed E-state index contributed by atoms with van der Waals surface area (Å²) in [7, 11) is 2.06. The van der Waals surface area contributed by atoms with Gasteiger partial charge in [-0.1, -0.05) is 13.8 Å². The van der Waals surface area contributed by atoms with E-state index in [-0.39, 0.29) is 11.9 Å². The Morgan fingerprint density at radius 1 is 1.44 bits per heavy atom. The van der Waals surface area contributed by atoms with Crippen molar-refractivity contribution in [1.29, 1.82) is 0 Å². The van der Waals surface area contributed by atoms with E-state index in [9.17, 15) is 4.79 Å². The van der Waals surface area contributed by atoms with E-state index in [1.54, 1.807) is 0 Å². The molecule has 1 aliphatic heterocycles. The molecule has 1 heterocycles. The number of carbonyl (C=O) groups excluding carboxylic acids is 1. The van der Waals surface area contributed by atoms with Crippen LogP contribution in [0.4, 0.5) is 0 Å². The Hall–Kier alpha value is -0.610. The lowest BCUT2D eigenvalue weighted by Gasteiger charge is -2.35. The second-order valence-electron chi connectivity index (χ2n) is 5.82. The summed E-state index contributed by atoms with van der Waals surface area (Å²) in [6.07, 6.45) is 3.44. The summed E-state index contributed by atoms with van der Waals surface area (Å²) in [4.78, 5) is 14.2. The Morgan fingerprint density at radius 2 is 2.17 bits per heavy atom. The van der Waals surface area contributed by atoms with E-state index in [1.807, 2.05) is 6.92 Å². The summed E-state index contributed by atoms with van der Waals surface area (Å²) in [5.74, 6) is 0.796. The van der Waals surface area contributed by atoms with Crippen molar-refractivity contribution < 1.29 is 4.79 Å². The van der Waals surface area contributed by atoms with Gasteiger partial charge < -0.3 is 10.6 Å². The fraction of sp³-hybridized carbons (Fsp3) is 0.929. The average molecular weight is 255 g/mol. The molecule has 4 heteroatoms. The quantitative estimate of drug-likeness (QED) is 0.750. The molecule has 2 unspecified atom stereocenters. The number of nitrogens with one attached hydrogen (secondary N) is 2. The summed E-state index contributed by atoms with van der Waals surface area (Å²) in [5, 5.41) is 6.43. The van der Waals surface area contributed by atoms with Crippen molar-refractivity contribution >= 4 is 5.91 Å². The minimum Gasteiger partial charge on any atom is -0.355 e. The molecule has 1 fully saturated rings. The van der Waals surface area contributed by atoms with Crippen LogP contribution >= 0.6 is 0 Å². The molecule has 0 saturated carbocycles. The summed E-state index contributed by atoms with van der Waals surface area (Å²) >= 11 is 0. The highest BCUT2D eigenvalue weighted by Gasteiger charge is 2.25. The molecule has 18 heavy (non-hydrogen) atoms. The number of hydrogen-bond donors (Lipinski definition) is 2. The van der Waals surface area contributed by atoms with Crippen molar-refractivity contribution in [2.24, 2.45) is 5.92 Å². The largest absolute Gasteiger partial charge is 0.355 e. The number of amides is 1. The van der Waals surface area contributed by atoms with Crippen LogP contribution in [-0.4, -0.2) is 49.6 Å². The predicted molar refractivity (Wildman–Crippen MR) is 75.6 cm³/mol. The van der Waals surface area contributed by atoms with Crippen molar-refractivity contribution in [1.82, 2.24) is 15.5 Å². The lowest BCUT2D eigenvalue weighted by molar-refractivity contribution is -0.126. The molecule has 0 spiro atoms. The highest BCUT2D eigenvalue weighted by Crippen LogP contribution is 2.11. The van der Waals surface area contributed by atoms with Gasteiger partial charge in [0.15, 0.2) is 0 Å². The third-order valence-corrected chi connectivity index (χ3v) is 3.86. The van der Waals surface area contributed by atoms with Crippen molar-refractivity contribution in [2.75, 3.05) is 26.7 Å². The van der Waals surface area contributed by atoms with Gasteiger partial charge in [-0.3, -0.25) is 9.69 Å². The molecule has 1 aliphatic rings. The Balaban J connectivity index is 2.32. The zero-order chi connectivity index (χ0) is 13.5. The standard InChI is InChI=1S/C14H29N3O/c1-11(2)7-9-16-14(18)12(3)17(4)13-6-5-8-15-10-13/h11-13,15H,5-10H2,1-4H3,(H,16,18). The molecule has 0 radical (unpaired) electrons. The van der Waals surface area contributed by atoms with Crippen LogP contribution in [0.2, 0.25) is 0 Å². The number of rotatable bonds is 6. The first-order valence-corrected chi connectivity index (χ1v) is 7.22. The monoisotopic (exact) mass is 255 g/mol. The van der Waals surface area contributed by atoms with E-state index >= 15 is 0 Å². The molecule has 0 bridgehead atoms. The van der Waals surface area contributed by atoms with Crippen molar-refractivity contribution in [2.45, 2.75) is 52.1 Å². The summed E-state index contributed by atoms with van der Waals surface area (Å²) in [6.45, 7) is 9.25. The van der Waals surface area contributed by atoms with Gasteiger partial charge in [0, 0.05) is 19.1 Å². The molecule has 2 N–H and O–H groups in total. The van der Waals surface area contributed by atoms with Crippen LogP contribution in [-0.2, 0) is 4.79 Å². The zero-order valence-electron chi connectivity index (χ0n) is 12.3. The van der Waals surface area contributed by atoms with Gasteiger partial charge in [0.1, 0.15) is 0 Å². The van der Waals surface area contributed by atoms with Gasteiger partial charge in [-0.15, -0.1) is 0 Å². The van der Waals surface area contributed by atoms with Gasteiger partial charge in [0.25, 0.3) is 0 Å². The molecule has 1 saturated heterocycles. The fourth-order valence-electron chi connectivity index (χ4n) is 2.31.